The molecular formula is C21H24N2O. The van der Waals surface area contributed by atoms with Crippen LogP contribution in [0.4, 0.5) is 0 Å². The summed E-state index contributed by atoms with van der Waals surface area (Å²) in [6.07, 6.45) is 2.94. The van der Waals surface area contributed by atoms with Crippen molar-refractivity contribution in [2.45, 2.75) is 41.0 Å². The second kappa shape index (κ2) is 6.16. The summed E-state index contributed by atoms with van der Waals surface area (Å²) in [5.41, 5.74) is 10.2. The Labute approximate surface area is 143 Å². The number of aromatic amines is 1. The third kappa shape index (κ3) is 2.82. The summed E-state index contributed by atoms with van der Waals surface area (Å²) in [5.74, 6) is -0.000171. The highest BCUT2D eigenvalue weighted by Crippen LogP contribution is 2.26. The summed E-state index contributed by atoms with van der Waals surface area (Å²) in [7, 11) is 0. The van der Waals surface area contributed by atoms with Crippen LogP contribution in [0, 0.1) is 20.8 Å². The number of rotatable bonds is 3. The van der Waals surface area contributed by atoms with Gasteiger partial charge in [-0.1, -0.05) is 24.3 Å². The van der Waals surface area contributed by atoms with Gasteiger partial charge in [0.2, 0.25) is 0 Å². The van der Waals surface area contributed by atoms with Gasteiger partial charge in [0.15, 0.2) is 0 Å². The highest BCUT2D eigenvalue weighted by molar-refractivity contribution is 6.00. The molecule has 1 aromatic carbocycles. The number of nitrogens with one attached hydrogen (secondary N) is 2. The van der Waals surface area contributed by atoms with Crippen LogP contribution in [0.2, 0.25) is 0 Å². The molecule has 24 heavy (non-hydrogen) atoms. The van der Waals surface area contributed by atoms with Crippen molar-refractivity contribution in [3.8, 4) is 0 Å². The first-order valence-electron chi connectivity index (χ1n) is 8.32. The lowest BCUT2D eigenvalue weighted by Gasteiger charge is -2.05. The van der Waals surface area contributed by atoms with Gasteiger partial charge in [0.05, 0.1) is 0 Å². The van der Waals surface area contributed by atoms with Gasteiger partial charge in [-0.05, 0) is 68.5 Å². The third-order valence-corrected chi connectivity index (χ3v) is 5.18. The molecule has 0 unspecified atom stereocenters. The van der Waals surface area contributed by atoms with Gasteiger partial charge in [0.1, 0.15) is 0 Å². The first-order chi connectivity index (χ1) is 11.4. The van der Waals surface area contributed by atoms with Gasteiger partial charge < -0.3 is 10.3 Å². The molecule has 3 nitrogen and oxygen atoms in total. The van der Waals surface area contributed by atoms with Crippen molar-refractivity contribution >= 4 is 12.0 Å². The Morgan fingerprint density at radius 3 is 2.29 bits per heavy atom. The number of amides is 1. The van der Waals surface area contributed by atoms with Crippen molar-refractivity contribution < 1.29 is 4.79 Å². The second-order valence-electron chi connectivity index (χ2n) is 6.63. The Morgan fingerprint density at radius 2 is 1.67 bits per heavy atom. The minimum absolute atomic E-state index is 0.000171. The van der Waals surface area contributed by atoms with Crippen LogP contribution in [0.5, 0.6) is 0 Å². The molecule has 0 saturated heterocycles. The summed E-state index contributed by atoms with van der Waals surface area (Å²) in [6.45, 7) is 10.3. The van der Waals surface area contributed by atoms with E-state index in [0.29, 0.717) is 0 Å². The first kappa shape index (κ1) is 16.3. The molecule has 0 bridgehead atoms. The van der Waals surface area contributed by atoms with Crippen LogP contribution in [0.3, 0.4) is 0 Å². The number of benzene rings is 1. The predicted octanol–water partition coefficient (Wildman–Crippen LogP) is 4.34. The van der Waals surface area contributed by atoms with Crippen molar-refractivity contribution in [2.75, 3.05) is 0 Å². The molecule has 2 aromatic rings. The topological polar surface area (TPSA) is 44.9 Å². The number of carbonyl (C=O) groups excluding carboxylic acids is 1. The maximum atomic E-state index is 11.8. The molecule has 1 amide bonds. The standard InChI is InChI=1S/C21H24N2O/c1-12-8-6-7-9-17(12)10-18-13(2)14(3)19(22-18)11-20-15(4)16(5)21(24)23-20/h6-9,11,22H,10H2,1-5H3,(H,23,24)/b20-11-. The zero-order chi connectivity index (χ0) is 17.4. The molecule has 0 fully saturated rings. The molecule has 0 saturated carbocycles. The third-order valence-electron chi connectivity index (χ3n) is 5.18. The van der Waals surface area contributed by atoms with E-state index in [-0.39, 0.29) is 5.91 Å². The highest BCUT2D eigenvalue weighted by atomic mass is 16.1. The molecule has 0 aliphatic carbocycles. The molecule has 2 heterocycles. The van der Waals surface area contributed by atoms with Crippen molar-refractivity contribution in [1.82, 2.24) is 10.3 Å². The Bertz CT molecular complexity index is 881. The van der Waals surface area contributed by atoms with Crippen molar-refractivity contribution in [1.29, 1.82) is 0 Å². The van der Waals surface area contributed by atoms with Crippen LogP contribution >= 0.6 is 0 Å². The van der Waals surface area contributed by atoms with Gasteiger partial charge >= 0.3 is 0 Å². The van der Waals surface area contributed by atoms with Gasteiger partial charge in [0.25, 0.3) is 5.91 Å². The molecule has 0 atom stereocenters. The summed E-state index contributed by atoms with van der Waals surface area (Å²) in [4.78, 5) is 15.4. The summed E-state index contributed by atoms with van der Waals surface area (Å²) < 4.78 is 0. The van der Waals surface area contributed by atoms with Crippen molar-refractivity contribution in [3.63, 3.8) is 0 Å². The number of H-pyrrole nitrogens is 1. The highest BCUT2D eigenvalue weighted by Gasteiger charge is 2.21. The lowest BCUT2D eigenvalue weighted by molar-refractivity contribution is -0.116. The summed E-state index contributed by atoms with van der Waals surface area (Å²) >= 11 is 0. The number of carbonyl (C=O) groups is 1. The molecule has 2 N–H and O–H groups in total. The average molecular weight is 320 g/mol. The zero-order valence-electron chi connectivity index (χ0n) is 15.0. The van der Waals surface area contributed by atoms with E-state index in [4.69, 9.17) is 0 Å². The van der Waals surface area contributed by atoms with Crippen LogP contribution in [-0.2, 0) is 11.2 Å². The van der Waals surface area contributed by atoms with Crippen molar-refractivity contribution in [3.05, 3.63) is 74.8 Å². The molecule has 1 aromatic heterocycles. The van der Waals surface area contributed by atoms with Gasteiger partial charge in [-0.25, -0.2) is 0 Å². The summed E-state index contributed by atoms with van der Waals surface area (Å²) in [6, 6.07) is 8.48. The molecule has 0 radical (unpaired) electrons. The zero-order valence-corrected chi connectivity index (χ0v) is 15.0. The predicted molar refractivity (Wildman–Crippen MR) is 98.7 cm³/mol. The number of allylic oxidation sites excluding steroid dienone is 1. The SMILES string of the molecule is CC1=C(C)/C(=C/c2[nH]c(Cc3ccccc3C)c(C)c2C)NC1=O. The van der Waals surface area contributed by atoms with Crippen LogP contribution < -0.4 is 5.32 Å². The van der Waals surface area contributed by atoms with Crippen LogP contribution in [-0.4, -0.2) is 10.9 Å². The molecule has 3 heteroatoms. The fourth-order valence-electron chi connectivity index (χ4n) is 3.07. The Morgan fingerprint density at radius 1 is 0.958 bits per heavy atom. The maximum absolute atomic E-state index is 11.8. The summed E-state index contributed by atoms with van der Waals surface area (Å²) in [5, 5.41) is 2.94. The van der Waals surface area contributed by atoms with Crippen LogP contribution in [0.25, 0.3) is 6.08 Å². The number of hydrogen-bond acceptors (Lipinski definition) is 1. The number of aryl methyl sites for hydroxylation is 1. The lowest BCUT2D eigenvalue weighted by atomic mass is 10.0. The van der Waals surface area contributed by atoms with Crippen LogP contribution in [0.15, 0.2) is 41.1 Å². The van der Waals surface area contributed by atoms with Gasteiger partial charge in [-0.15, -0.1) is 0 Å². The van der Waals surface area contributed by atoms with Gasteiger partial charge in [0, 0.05) is 29.1 Å². The average Bonchev–Trinajstić information content (AvgIpc) is 2.95. The van der Waals surface area contributed by atoms with Gasteiger partial charge in [-0.3, -0.25) is 4.79 Å². The Hall–Kier alpha value is -2.55. The smallest absolute Gasteiger partial charge is 0.251 e. The largest absolute Gasteiger partial charge is 0.358 e. The fraction of sp³-hybridized carbons (Fsp3) is 0.286. The van der Waals surface area contributed by atoms with E-state index in [0.717, 1.165) is 29.0 Å². The van der Waals surface area contributed by atoms with E-state index in [9.17, 15) is 4.79 Å². The van der Waals surface area contributed by atoms with E-state index in [1.807, 2.05) is 19.9 Å². The van der Waals surface area contributed by atoms with E-state index >= 15 is 0 Å². The molecular weight excluding hydrogens is 296 g/mol. The van der Waals surface area contributed by atoms with E-state index in [2.05, 4.69) is 55.3 Å². The number of hydrogen-bond donors (Lipinski definition) is 2. The van der Waals surface area contributed by atoms with Gasteiger partial charge in [-0.2, -0.15) is 0 Å². The minimum Gasteiger partial charge on any atom is -0.358 e. The minimum atomic E-state index is -0.000171. The van der Waals surface area contributed by atoms with E-state index in [1.165, 1.54) is 27.9 Å². The number of aromatic nitrogens is 1. The Kier molecular flexibility index (Phi) is 4.18. The quantitative estimate of drug-likeness (QED) is 0.868. The van der Waals surface area contributed by atoms with Crippen LogP contribution in [0.1, 0.15) is 47.5 Å². The lowest BCUT2D eigenvalue weighted by Crippen LogP contribution is -2.15. The fourth-order valence-corrected chi connectivity index (χ4v) is 3.07. The van der Waals surface area contributed by atoms with Crippen molar-refractivity contribution in [2.24, 2.45) is 0 Å². The molecule has 124 valence electrons. The van der Waals surface area contributed by atoms with E-state index < -0.39 is 0 Å². The monoisotopic (exact) mass is 320 g/mol. The normalized spacial score (nSPS) is 16.2. The molecule has 1 aliphatic rings. The first-order valence-corrected chi connectivity index (χ1v) is 8.32. The second-order valence-corrected chi connectivity index (χ2v) is 6.63. The van der Waals surface area contributed by atoms with E-state index in [1.54, 1.807) is 0 Å². The Balaban J connectivity index is 1.96. The molecule has 0 spiro atoms. The molecule has 3 rings (SSSR count). The molecule has 1 aliphatic heterocycles. The maximum Gasteiger partial charge on any atom is 0.251 e.